The molecule has 1 aromatic heterocycles. The Morgan fingerprint density at radius 1 is 1.07 bits per heavy atom. The number of thiocarbonyl (C=S) groups is 1. The summed E-state index contributed by atoms with van der Waals surface area (Å²) in [6.07, 6.45) is 0.745. The molecule has 0 unspecified atom stereocenters. The second-order valence-corrected chi connectivity index (χ2v) is 9.72. The molecular formula is C23H27N2NaO2S2. The van der Waals surface area contributed by atoms with Crippen LogP contribution in [0.1, 0.15) is 42.0 Å². The largest absolute Gasteiger partial charge is 1.00 e. The summed E-state index contributed by atoms with van der Waals surface area (Å²) in [7, 11) is -1.22. The number of sulfonamides is 1. The minimum Gasteiger partial charge on any atom is -1.00 e. The topological polar surface area (TPSA) is 51.1 Å². The van der Waals surface area contributed by atoms with Crippen LogP contribution in [0.4, 0.5) is 5.69 Å². The first kappa shape index (κ1) is 24.8. The number of aromatic nitrogens is 1. The Balaban J connectivity index is 0.00000240. The second kappa shape index (κ2) is 10.2. The maximum absolute atomic E-state index is 11.7. The van der Waals surface area contributed by atoms with Gasteiger partial charge in [-0.15, -0.1) is 0 Å². The van der Waals surface area contributed by atoms with Crippen LogP contribution in [-0.2, 0) is 23.5 Å². The smallest absolute Gasteiger partial charge is 1.00 e. The molecule has 0 atom stereocenters. The molecule has 0 amide bonds. The fourth-order valence-electron chi connectivity index (χ4n) is 3.32. The summed E-state index contributed by atoms with van der Waals surface area (Å²) >= 11 is 5.78. The van der Waals surface area contributed by atoms with Crippen molar-refractivity contribution < 1.29 is 39.4 Å². The van der Waals surface area contributed by atoms with Crippen LogP contribution in [0.25, 0.3) is 0 Å². The van der Waals surface area contributed by atoms with E-state index in [-0.39, 0.29) is 36.7 Å². The zero-order valence-corrected chi connectivity index (χ0v) is 21.8. The van der Waals surface area contributed by atoms with E-state index >= 15 is 0 Å². The quantitative estimate of drug-likeness (QED) is 0.340. The molecule has 4 nitrogen and oxygen atoms in total. The van der Waals surface area contributed by atoms with Gasteiger partial charge in [-0.1, -0.05) is 54.2 Å². The molecule has 0 aliphatic rings. The predicted octanol–water partition coefficient (Wildman–Crippen LogP) is 1.88. The van der Waals surface area contributed by atoms with Crippen molar-refractivity contribution in [3.8, 4) is 0 Å². The molecule has 3 aromatic rings. The number of hydrogen-bond donors (Lipinski definition) is 1. The molecule has 1 heterocycles. The zero-order valence-electron chi connectivity index (χ0n) is 19.2. The third-order valence-corrected chi connectivity index (χ3v) is 6.78. The average Bonchev–Trinajstić information content (AvgIpc) is 2.96. The molecule has 0 saturated heterocycles. The monoisotopic (exact) mass is 450 g/mol. The molecule has 0 saturated carbocycles. The van der Waals surface area contributed by atoms with Crippen molar-refractivity contribution in [2.45, 2.75) is 27.2 Å². The van der Waals surface area contributed by atoms with Gasteiger partial charge in [0.25, 0.3) is 0 Å². The Morgan fingerprint density at radius 2 is 1.67 bits per heavy atom. The number of anilines is 1. The van der Waals surface area contributed by atoms with Gasteiger partial charge in [-0.05, 0) is 55.7 Å². The summed E-state index contributed by atoms with van der Waals surface area (Å²) in [5.41, 5.74) is 7.33. The van der Waals surface area contributed by atoms with Gasteiger partial charge in [0.05, 0.1) is 16.3 Å². The molecule has 3 rings (SSSR count). The first-order valence-electron chi connectivity index (χ1n) is 9.56. The van der Waals surface area contributed by atoms with E-state index in [2.05, 4.69) is 53.5 Å². The first-order chi connectivity index (χ1) is 13.7. The van der Waals surface area contributed by atoms with E-state index < -0.39 is 10.0 Å². The summed E-state index contributed by atoms with van der Waals surface area (Å²) in [5, 5.41) is 0. The predicted molar refractivity (Wildman–Crippen MR) is 126 cm³/mol. The van der Waals surface area contributed by atoms with Crippen LogP contribution in [0, 0.1) is 13.8 Å². The van der Waals surface area contributed by atoms with Gasteiger partial charge in [0, 0.05) is 24.8 Å². The fourth-order valence-corrected chi connectivity index (χ4v) is 4.39. The third kappa shape index (κ3) is 5.83. The second-order valence-electron chi connectivity index (χ2n) is 7.30. The first-order valence-corrected chi connectivity index (χ1v) is 11.6. The molecule has 7 heteroatoms. The van der Waals surface area contributed by atoms with Crippen LogP contribution in [0.5, 0.6) is 0 Å². The van der Waals surface area contributed by atoms with Crippen LogP contribution in [-0.4, -0.2) is 23.6 Å². The maximum Gasteiger partial charge on any atom is 1.00 e. The van der Waals surface area contributed by atoms with Crippen LogP contribution in [0.2, 0.25) is 0 Å². The van der Waals surface area contributed by atoms with Crippen LogP contribution in [0.15, 0.2) is 54.6 Å². The Bertz CT molecular complexity index is 1140. The Kier molecular flexibility index (Phi) is 8.48. The van der Waals surface area contributed by atoms with Crippen molar-refractivity contribution in [1.82, 2.24) is 4.57 Å². The SMILES string of the molecule is CCS(=O)(=O)Nc1ccc(Cc2cc(C)c(C(=S)c3ccc(C)cc3)n2C)cc1.[H-].[Na+]. The number of nitrogens with one attached hydrogen (secondary N) is 1. The van der Waals surface area contributed by atoms with E-state index in [0.29, 0.717) is 5.69 Å². The molecule has 1 N–H and O–H groups in total. The average molecular weight is 451 g/mol. The van der Waals surface area contributed by atoms with E-state index in [1.807, 2.05) is 19.2 Å². The van der Waals surface area contributed by atoms with Crippen molar-refractivity contribution in [3.63, 3.8) is 0 Å². The van der Waals surface area contributed by atoms with Crippen LogP contribution in [0.3, 0.4) is 0 Å². The number of rotatable bonds is 7. The normalized spacial score (nSPS) is 11.1. The summed E-state index contributed by atoms with van der Waals surface area (Å²) < 4.78 is 28.1. The van der Waals surface area contributed by atoms with Crippen molar-refractivity contribution in [3.05, 3.63) is 88.2 Å². The van der Waals surface area contributed by atoms with E-state index in [0.717, 1.165) is 39.4 Å². The molecule has 0 radical (unpaired) electrons. The minimum absolute atomic E-state index is 0. The van der Waals surface area contributed by atoms with Gasteiger partial charge in [-0.25, -0.2) is 8.42 Å². The number of hydrogen-bond acceptors (Lipinski definition) is 3. The minimum atomic E-state index is -3.26. The van der Waals surface area contributed by atoms with Crippen molar-refractivity contribution in [1.29, 1.82) is 0 Å². The maximum atomic E-state index is 11.7. The van der Waals surface area contributed by atoms with Gasteiger partial charge >= 0.3 is 29.6 Å². The number of benzene rings is 2. The van der Waals surface area contributed by atoms with E-state index in [9.17, 15) is 8.42 Å². The van der Waals surface area contributed by atoms with E-state index in [1.54, 1.807) is 19.1 Å². The van der Waals surface area contributed by atoms with Gasteiger partial charge in [-0.2, -0.15) is 0 Å². The molecule has 2 aromatic carbocycles. The summed E-state index contributed by atoms with van der Waals surface area (Å²) in [5.74, 6) is 0.0566. The van der Waals surface area contributed by atoms with Crippen LogP contribution < -0.4 is 34.3 Å². The molecular weight excluding hydrogens is 423 g/mol. The Labute approximate surface area is 208 Å². The van der Waals surface area contributed by atoms with Crippen molar-refractivity contribution in [2.24, 2.45) is 7.05 Å². The number of nitrogens with zero attached hydrogens (tertiary/aromatic N) is 1. The zero-order chi connectivity index (χ0) is 21.2. The summed E-state index contributed by atoms with van der Waals surface area (Å²) in [6, 6.07) is 18.0. The molecule has 30 heavy (non-hydrogen) atoms. The number of aryl methyl sites for hydroxylation is 2. The van der Waals surface area contributed by atoms with Gasteiger partial charge < -0.3 is 5.99 Å². The Hall–Kier alpha value is -1.44. The molecule has 0 spiro atoms. The van der Waals surface area contributed by atoms with E-state index in [4.69, 9.17) is 12.2 Å². The molecule has 0 fully saturated rings. The summed E-state index contributed by atoms with van der Waals surface area (Å²) in [6.45, 7) is 5.77. The summed E-state index contributed by atoms with van der Waals surface area (Å²) in [4.78, 5) is 0.848. The standard InChI is InChI=1S/C23H26N2O2S2.Na.H/c1-5-29(26,27)24-20-12-8-18(9-13-20)15-21-14-17(3)22(25(21)4)23(28)19-10-6-16(2)7-11-19;;/h6-14,24H,5,15H2,1-4H3;;/q;+1;-1. The fraction of sp³-hybridized carbons (Fsp3) is 0.261. The van der Waals surface area contributed by atoms with Crippen molar-refractivity contribution in [2.75, 3.05) is 10.5 Å². The molecule has 0 aliphatic carbocycles. The van der Waals surface area contributed by atoms with Gasteiger partial charge in [-0.3, -0.25) is 4.72 Å². The molecule has 154 valence electrons. The van der Waals surface area contributed by atoms with Crippen LogP contribution >= 0.6 is 12.2 Å². The van der Waals surface area contributed by atoms with E-state index in [1.165, 1.54) is 5.56 Å². The van der Waals surface area contributed by atoms with Gasteiger partial charge in [0.2, 0.25) is 10.0 Å². The van der Waals surface area contributed by atoms with Gasteiger partial charge in [0.1, 0.15) is 0 Å². The molecule has 0 bridgehead atoms. The molecule has 0 aliphatic heterocycles. The van der Waals surface area contributed by atoms with Gasteiger partial charge in [0.15, 0.2) is 0 Å². The Morgan fingerprint density at radius 3 is 2.23 bits per heavy atom. The third-order valence-electron chi connectivity index (χ3n) is 5.04. The van der Waals surface area contributed by atoms with Crippen molar-refractivity contribution >= 4 is 32.8 Å².